The van der Waals surface area contributed by atoms with Gasteiger partial charge in [0, 0.05) is 42.0 Å². The van der Waals surface area contributed by atoms with E-state index in [1.807, 2.05) is 12.4 Å². The lowest BCUT2D eigenvalue weighted by Crippen LogP contribution is -2.65. The monoisotopic (exact) mass is 499 g/mol. The molecule has 182 valence electrons. The van der Waals surface area contributed by atoms with Crippen LogP contribution in [0.1, 0.15) is 62.0 Å². The van der Waals surface area contributed by atoms with Gasteiger partial charge in [-0.2, -0.15) is 13.9 Å². The van der Waals surface area contributed by atoms with E-state index in [1.165, 1.54) is 12.3 Å². The molecule has 35 heavy (non-hydrogen) atoms. The third-order valence-electron chi connectivity index (χ3n) is 7.74. The molecule has 0 amide bonds. The largest absolute Gasteiger partial charge is 0.482 e. The van der Waals surface area contributed by atoms with E-state index in [9.17, 15) is 18.7 Å². The van der Waals surface area contributed by atoms with Crippen LogP contribution < -0.4 is 4.74 Å². The summed E-state index contributed by atoms with van der Waals surface area (Å²) >= 11 is 6.01. The number of hydrogen-bond acceptors (Lipinski definition) is 5. The van der Waals surface area contributed by atoms with E-state index in [0.29, 0.717) is 28.4 Å². The van der Waals surface area contributed by atoms with Crippen LogP contribution in [0.2, 0.25) is 5.02 Å². The molecule has 3 heterocycles. The molecule has 3 aromatic rings. The van der Waals surface area contributed by atoms with Crippen molar-refractivity contribution in [3.8, 4) is 11.4 Å². The summed E-state index contributed by atoms with van der Waals surface area (Å²) in [5.41, 5.74) is 2.04. The first kappa shape index (κ1) is 22.6. The maximum Gasteiger partial charge on any atom is 0.286 e. The van der Waals surface area contributed by atoms with Crippen molar-refractivity contribution in [2.75, 3.05) is 0 Å². The van der Waals surface area contributed by atoms with Crippen LogP contribution in [0.4, 0.5) is 8.78 Å². The highest BCUT2D eigenvalue weighted by atomic mass is 35.5. The summed E-state index contributed by atoms with van der Waals surface area (Å²) in [6, 6.07) is 7.97. The van der Waals surface area contributed by atoms with Gasteiger partial charge in [0.2, 0.25) is 0 Å². The number of alkyl halides is 2. The number of ether oxygens (including phenoxy) is 1. The molecule has 3 fully saturated rings. The molecular weight excluding hydrogens is 476 g/mol. The average Bonchev–Trinajstić information content (AvgIpc) is 3.25. The van der Waals surface area contributed by atoms with E-state index in [2.05, 4.69) is 10.1 Å². The van der Waals surface area contributed by atoms with Crippen LogP contribution in [0.5, 0.6) is 5.75 Å². The fourth-order valence-electron chi connectivity index (χ4n) is 6.11. The summed E-state index contributed by atoms with van der Waals surface area (Å²) in [7, 11) is 0. The number of carbonyl (C=O) groups excluding carboxylic acids is 1. The Balaban J connectivity index is 1.09. The van der Waals surface area contributed by atoms with Gasteiger partial charge in [-0.25, -0.2) is 4.68 Å². The van der Waals surface area contributed by atoms with Crippen LogP contribution in [0.3, 0.4) is 0 Å². The number of Topliss-reactive ketones (excluding diaryl/α,β-unsaturated/α-hetero) is 1. The number of aromatic nitrogens is 3. The Bertz CT molecular complexity index is 1300. The number of hydrogen-bond donors (Lipinski definition) is 1. The molecule has 4 aliphatic rings. The van der Waals surface area contributed by atoms with Gasteiger partial charge in [0.25, 0.3) is 5.92 Å². The molecule has 7 rings (SSSR count). The number of aliphatic hydroxyl groups is 1. The molecular formula is C26H24ClF2N3O3. The molecule has 0 saturated heterocycles. The van der Waals surface area contributed by atoms with Gasteiger partial charge in [0.1, 0.15) is 11.4 Å². The van der Waals surface area contributed by atoms with Crippen LogP contribution in [0, 0.1) is 5.41 Å². The minimum atomic E-state index is -2.98. The van der Waals surface area contributed by atoms with Crippen molar-refractivity contribution >= 4 is 17.4 Å². The zero-order chi connectivity index (χ0) is 24.6. The van der Waals surface area contributed by atoms with E-state index in [4.69, 9.17) is 16.3 Å². The Labute approximate surface area is 205 Å². The molecule has 2 bridgehead atoms. The number of fused-ring (bicyclic) bond motifs is 1. The van der Waals surface area contributed by atoms with Crippen molar-refractivity contribution in [3.05, 3.63) is 70.8 Å². The third kappa shape index (κ3) is 3.74. The van der Waals surface area contributed by atoms with Gasteiger partial charge in [0.05, 0.1) is 24.2 Å². The Morgan fingerprint density at radius 3 is 2.71 bits per heavy atom. The fraction of sp³-hybridized carbons (Fsp3) is 0.423. The van der Waals surface area contributed by atoms with Gasteiger partial charge in [-0.05, 0) is 60.6 Å². The first-order valence-electron chi connectivity index (χ1n) is 11.6. The molecule has 0 spiro atoms. The highest BCUT2D eigenvalue weighted by Gasteiger charge is 2.69. The van der Waals surface area contributed by atoms with E-state index >= 15 is 0 Å². The maximum atomic E-state index is 13.4. The third-order valence-corrected chi connectivity index (χ3v) is 7.98. The number of carbonyl (C=O) groups is 1. The molecule has 9 heteroatoms. The predicted molar refractivity (Wildman–Crippen MR) is 124 cm³/mol. The summed E-state index contributed by atoms with van der Waals surface area (Å²) in [6.07, 6.45) is 7.08. The second kappa shape index (κ2) is 7.58. The van der Waals surface area contributed by atoms with Crippen molar-refractivity contribution in [3.63, 3.8) is 0 Å². The zero-order valence-corrected chi connectivity index (χ0v) is 19.8. The van der Waals surface area contributed by atoms with Crippen molar-refractivity contribution in [2.24, 2.45) is 5.41 Å². The normalized spacial score (nSPS) is 28.9. The molecule has 3 aliphatic carbocycles. The summed E-state index contributed by atoms with van der Waals surface area (Å²) in [4.78, 5) is 16.9. The van der Waals surface area contributed by atoms with E-state index in [-0.39, 0.29) is 28.7 Å². The lowest BCUT2D eigenvalue weighted by Gasteiger charge is -2.71. The van der Waals surface area contributed by atoms with Crippen LogP contribution in [-0.2, 0) is 16.1 Å². The van der Waals surface area contributed by atoms with Crippen molar-refractivity contribution in [1.29, 1.82) is 0 Å². The van der Waals surface area contributed by atoms with Gasteiger partial charge >= 0.3 is 0 Å². The average molecular weight is 500 g/mol. The summed E-state index contributed by atoms with van der Waals surface area (Å²) < 4.78 is 34.4. The molecule has 1 aromatic carbocycles. The van der Waals surface area contributed by atoms with Crippen molar-refractivity contribution in [2.45, 2.75) is 62.6 Å². The van der Waals surface area contributed by atoms with Gasteiger partial charge in [-0.3, -0.25) is 9.78 Å². The van der Waals surface area contributed by atoms with Gasteiger partial charge in [-0.1, -0.05) is 11.6 Å². The summed E-state index contributed by atoms with van der Waals surface area (Å²) in [6.45, 7) is 0.821. The van der Waals surface area contributed by atoms with E-state index in [0.717, 1.165) is 31.7 Å². The number of rotatable bonds is 6. The Morgan fingerprint density at radius 1 is 1.26 bits per heavy atom. The molecule has 1 aliphatic heterocycles. The number of nitrogens with zero attached hydrogens (tertiary/aromatic N) is 3. The van der Waals surface area contributed by atoms with Crippen molar-refractivity contribution in [1.82, 2.24) is 14.8 Å². The predicted octanol–water partition coefficient (Wildman–Crippen LogP) is 5.30. The van der Waals surface area contributed by atoms with Crippen LogP contribution in [0.25, 0.3) is 5.69 Å². The second-order valence-electron chi connectivity index (χ2n) is 10.5. The molecule has 3 saturated carbocycles. The molecule has 1 N–H and O–H groups in total. The number of aliphatic hydroxyl groups excluding tert-OH is 1. The minimum absolute atomic E-state index is 0.0125. The van der Waals surface area contributed by atoms with Crippen molar-refractivity contribution < 1.29 is 23.4 Å². The Morgan fingerprint density at radius 2 is 2.03 bits per heavy atom. The first-order chi connectivity index (χ1) is 16.6. The minimum Gasteiger partial charge on any atom is -0.482 e. The number of pyridine rings is 1. The number of halogens is 3. The zero-order valence-electron chi connectivity index (χ0n) is 19.0. The van der Waals surface area contributed by atoms with Gasteiger partial charge in [0.15, 0.2) is 11.9 Å². The fourth-order valence-corrected chi connectivity index (χ4v) is 6.29. The number of ketones is 1. The molecule has 2 aromatic heterocycles. The Hall–Kier alpha value is -2.84. The van der Waals surface area contributed by atoms with Crippen LogP contribution in [-0.4, -0.2) is 31.8 Å². The SMILES string of the molecule is CC(F)(F)c1ccc(-n2cc(C34CC(CC(=O)[C@H]5C[C@@H](O)c6cc(Cl)ccc6O5)(C3)C4)cn2)cn1. The first-order valence-corrected chi connectivity index (χ1v) is 12.0. The summed E-state index contributed by atoms with van der Waals surface area (Å²) in [5, 5.41) is 15.4. The topological polar surface area (TPSA) is 77.2 Å². The van der Waals surface area contributed by atoms with Gasteiger partial charge in [-0.15, -0.1) is 0 Å². The quantitative estimate of drug-likeness (QED) is 0.498. The smallest absolute Gasteiger partial charge is 0.286 e. The lowest BCUT2D eigenvalue weighted by molar-refractivity contribution is -0.163. The molecule has 0 unspecified atom stereocenters. The van der Waals surface area contributed by atoms with Crippen LogP contribution >= 0.6 is 11.6 Å². The Kier molecular flexibility index (Phi) is 4.90. The highest BCUT2D eigenvalue weighted by Crippen LogP contribution is 2.75. The highest BCUT2D eigenvalue weighted by molar-refractivity contribution is 6.30. The molecule has 6 nitrogen and oxygen atoms in total. The van der Waals surface area contributed by atoms with E-state index < -0.39 is 18.1 Å². The van der Waals surface area contributed by atoms with Crippen LogP contribution in [0.15, 0.2) is 48.9 Å². The maximum absolute atomic E-state index is 13.4. The number of benzene rings is 1. The molecule has 0 radical (unpaired) electrons. The second-order valence-corrected chi connectivity index (χ2v) is 10.9. The summed E-state index contributed by atoms with van der Waals surface area (Å²) in [5.74, 6) is -2.45. The molecule has 2 atom stereocenters. The van der Waals surface area contributed by atoms with Gasteiger partial charge < -0.3 is 9.84 Å². The standard InChI is InChI=1S/C26H24ClF2N3O3/c1-24(28,29)23-5-3-17(10-30-23)32-11-15(9-31-32)26-12-25(13-26,14-26)8-20(34)22-7-19(33)18-6-16(27)2-4-21(18)35-22/h2-6,9-11,19,22,33H,7-8,12-14H2,1H3/t19-,22-,25?,26?/m1/s1. The van der Waals surface area contributed by atoms with E-state index in [1.54, 1.807) is 28.9 Å². The lowest BCUT2D eigenvalue weighted by atomic mass is 9.32.